The molecule has 0 bridgehead atoms. The van der Waals surface area contributed by atoms with E-state index < -0.39 is 0 Å². The second-order valence-corrected chi connectivity index (χ2v) is 7.29. The number of rotatable bonds is 7. The molecule has 2 nitrogen and oxygen atoms in total. The van der Waals surface area contributed by atoms with Crippen LogP contribution in [0.5, 0.6) is 0 Å². The number of aromatic nitrogens is 1. The van der Waals surface area contributed by atoms with Crippen molar-refractivity contribution in [1.29, 1.82) is 0 Å². The molecule has 0 amide bonds. The van der Waals surface area contributed by atoms with Crippen molar-refractivity contribution in [1.82, 2.24) is 0 Å². The molecular weight excluding hydrogens is 328 g/mol. The van der Waals surface area contributed by atoms with E-state index in [9.17, 15) is 0 Å². The highest BCUT2D eigenvalue weighted by Crippen LogP contribution is 2.18. The summed E-state index contributed by atoms with van der Waals surface area (Å²) in [6, 6.07) is 19.9. The van der Waals surface area contributed by atoms with Crippen LogP contribution in [0.4, 0.5) is 5.69 Å². The van der Waals surface area contributed by atoms with Crippen LogP contribution in [0.15, 0.2) is 54.6 Å². The van der Waals surface area contributed by atoms with Crippen LogP contribution in [0.1, 0.15) is 43.5 Å². The summed E-state index contributed by atoms with van der Waals surface area (Å²) in [5, 5.41) is 1.28. The Morgan fingerprint density at radius 1 is 0.852 bits per heavy atom. The first-order chi connectivity index (χ1) is 13.1. The Bertz CT molecular complexity index is 917. The largest absolute Gasteiger partial charge is 0.372 e. The fraction of sp³-hybridized carbons (Fsp3) is 0.320. The monoisotopic (exact) mass is 359 g/mol. The molecule has 2 aromatic carbocycles. The van der Waals surface area contributed by atoms with E-state index >= 15 is 0 Å². The Balaban J connectivity index is 1.80. The molecule has 0 spiro atoms. The van der Waals surface area contributed by atoms with E-state index in [0.29, 0.717) is 0 Å². The summed E-state index contributed by atoms with van der Waals surface area (Å²) >= 11 is 0. The second kappa shape index (κ2) is 8.85. The summed E-state index contributed by atoms with van der Waals surface area (Å²) in [4.78, 5) is 2.47. The Morgan fingerprint density at radius 2 is 1.56 bits per heavy atom. The van der Waals surface area contributed by atoms with Crippen LogP contribution in [-0.2, 0) is 7.05 Å². The number of hydrogen-bond donors (Lipinski definition) is 0. The fourth-order valence-electron chi connectivity index (χ4n) is 3.59. The molecule has 2 heteroatoms. The van der Waals surface area contributed by atoms with E-state index in [1.165, 1.54) is 46.3 Å². The second-order valence-electron chi connectivity index (χ2n) is 7.29. The molecule has 0 aliphatic carbocycles. The number of hydrogen-bond acceptors (Lipinski definition) is 1. The van der Waals surface area contributed by atoms with E-state index in [2.05, 4.69) is 104 Å². The van der Waals surface area contributed by atoms with Crippen LogP contribution in [-0.4, -0.2) is 13.1 Å². The van der Waals surface area contributed by atoms with Crippen molar-refractivity contribution in [2.75, 3.05) is 18.0 Å². The van der Waals surface area contributed by atoms with Crippen molar-refractivity contribution < 1.29 is 4.57 Å². The first-order valence-corrected chi connectivity index (χ1v) is 10.0. The van der Waals surface area contributed by atoms with E-state index in [4.69, 9.17) is 0 Å². The summed E-state index contributed by atoms with van der Waals surface area (Å²) in [6.45, 7) is 8.86. The smallest absolute Gasteiger partial charge is 0.212 e. The van der Waals surface area contributed by atoms with Gasteiger partial charge in [0.2, 0.25) is 11.2 Å². The third-order valence-corrected chi connectivity index (χ3v) is 5.06. The van der Waals surface area contributed by atoms with Crippen LogP contribution in [0.3, 0.4) is 0 Å². The molecule has 27 heavy (non-hydrogen) atoms. The lowest BCUT2D eigenvalue weighted by Crippen LogP contribution is -2.32. The molecular formula is C25H31N2+. The highest BCUT2D eigenvalue weighted by Gasteiger charge is 2.09. The third-order valence-electron chi connectivity index (χ3n) is 5.06. The number of pyridine rings is 1. The van der Waals surface area contributed by atoms with Gasteiger partial charge in [0.15, 0.2) is 0 Å². The predicted molar refractivity (Wildman–Crippen MR) is 118 cm³/mol. The summed E-state index contributed by atoms with van der Waals surface area (Å²) in [5.41, 5.74) is 6.31. The van der Waals surface area contributed by atoms with Gasteiger partial charge in [0, 0.05) is 42.4 Å². The lowest BCUT2D eigenvalue weighted by Gasteiger charge is -2.23. The maximum atomic E-state index is 2.47. The molecule has 0 N–H and O–H groups in total. The van der Waals surface area contributed by atoms with Gasteiger partial charge >= 0.3 is 0 Å². The van der Waals surface area contributed by atoms with Crippen molar-refractivity contribution in [3.8, 4) is 0 Å². The number of nitrogens with zero attached hydrogens (tertiary/aromatic N) is 2. The standard InChI is InChI=1S/C25H31N2/c1-5-17-27(18-6-2)24-13-9-21(10-14-24)8-12-23-15-11-22-19-20(3)7-16-25(22)26(23)4/h7-16,19H,5-6,17-18H2,1-4H3/q+1. The van der Waals surface area contributed by atoms with Gasteiger partial charge in [0.25, 0.3) is 0 Å². The van der Waals surface area contributed by atoms with Gasteiger partial charge in [-0.2, -0.15) is 4.57 Å². The lowest BCUT2D eigenvalue weighted by molar-refractivity contribution is -0.646. The normalized spacial score (nSPS) is 11.4. The van der Waals surface area contributed by atoms with Crippen LogP contribution < -0.4 is 9.47 Å². The zero-order valence-electron chi connectivity index (χ0n) is 17.1. The summed E-state index contributed by atoms with van der Waals surface area (Å²) in [6.07, 6.45) is 6.76. The van der Waals surface area contributed by atoms with Gasteiger partial charge in [-0.05, 0) is 55.7 Å². The Hall–Kier alpha value is -2.61. The van der Waals surface area contributed by atoms with Gasteiger partial charge < -0.3 is 4.90 Å². The molecule has 0 unspecified atom stereocenters. The van der Waals surface area contributed by atoms with Crippen molar-refractivity contribution in [3.05, 3.63) is 71.4 Å². The molecule has 0 atom stereocenters. The molecule has 0 fully saturated rings. The van der Waals surface area contributed by atoms with Crippen LogP contribution in [0.25, 0.3) is 23.1 Å². The first-order valence-electron chi connectivity index (χ1n) is 10.0. The number of fused-ring (bicyclic) bond motifs is 1. The van der Waals surface area contributed by atoms with Crippen LogP contribution >= 0.6 is 0 Å². The minimum Gasteiger partial charge on any atom is -0.372 e. The van der Waals surface area contributed by atoms with Crippen LogP contribution in [0, 0.1) is 6.92 Å². The molecule has 0 radical (unpaired) electrons. The van der Waals surface area contributed by atoms with Crippen molar-refractivity contribution >= 4 is 28.7 Å². The summed E-state index contributed by atoms with van der Waals surface area (Å²) in [5.74, 6) is 0. The molecule has 0 saturated heterocycles. The maximum Gasteiger partial charge on any atom is 0.212 e. The maximum absolute atomic E-state index is 2.47. The third kappa shape index (κ3) is 4.57. The molecule has 1 aromatic heterocycles. The van der Waals surface area contributed by atoms with E-state index in [0.717, 1.165) is 13.1 Å². The molecule has 1 heterocycles. The fourth-order valence-corrected chi connectivity index (χ4v) is 3.59. The van der Waals surface area contributed by atoms with Crippen molar-refractivity contribution in [3.63, 3.8) is 0 Å². The molecule has 0 saturated carbocycles. The Morgan fingerprint density at radius 3 is 2.22 bits per heavy atom. The molecule has 3 rings (SSSR count). The number of aryl methyl sites for hydroxylation is 2. The summed E-state index contributed by atoms with van der Waals surface area (Å²) < 4.78 is 2.25. The quantitative estimate of drug-likeness (QED) is 0.486. The minimum atomic E-state index is 1.12. The molecule has 0 aliphatic rings. The molecule has 140 valence electrons. The predicted octanol–water partition coefficient (Wildman–Crippen LogP) is 5.77. The SMILES string of the molecule is CCCN(CCC)c1ccc(/C=C/c2ccc3cc(C)ccc3[n+]2C)cc1. The number of benzene rings is 2. The van der Waals surface area contributed by atoms with Gasteiger partial charge in [-0.3, -0.25) is 0 Å². The van der Waals surface area contributed by atoms with E-state index in [-0.39, 0.29) is 0 Å². The van der Waals surface area contributed by atoms with Gasteiger partial charge in [-0.1, -0.05) is 37.6 Å². The van der Waals surface area contributed by atoms with Crippen LogP contribution in [0.2, 0.25) is 0 Å². The van der Waals surface area contributed by atoms with Gasteiger partial charge in [-0.25, -0.2) is 0 Å². The molecule has 0 aliphatic heterocycles. The Labute approximate surface area is 163 Å². The zero-order valence-corrected chi connectivity index (χ0v) is 17.1. The topological polar surface area (TPSA) is 7.12 Å². The first kappa shape index (κ1) is 19.2. The van der Waals surface area contributed by atoms with Crippen molar-refractivity contribution in [2.45, 2.75) is 33.6 Å². The van der Waals surface area contributed by atoms with E-state index in [1.54, 1.807) is 0 Å². The minimum absolute atomic E-state index is 1.12. The van der Waals surface area contributed by atoms with E-state index in [1.807, 2.05) is 0 Å². The number of anilines is 1. The zero-order chi connectivity index (χ0) is 19.2. The lowest BCUT2D eigenvalue weighted by atomic mass is 10.1. The van der Waals surface area contributed by atoms with Crippen molar-refractivity contribution in [2.24, 2.45) is 7.05 Å². The van der Waals surface area contributed by atoms with Gasteiger partial charge in [0.05, 0.1) is 0 Å². The highest BCUT2D eigenvalue weighted by molar-refractivity contribution is 5.78. The highest BCUT2D eigenvalue weighted by atomic mass is 15.1. The van der Waals surface area contributed by atoms with Gasteiger partial charge in [-0.15, -0.1) is 0 Å². The average Bonchev–Trinajstić information content (AvgIpc) is 2.68. The average molecular weight is 360 g/mol. The summed E-state index contributed by atoms with van der Waals surface area (Å²) in [7, 11) is 2.13. The van der Waals surface area contributed by atoms with Gasteiger partial charge in [0.1, 0.15) is 7.05 Å². The molecule has 3 aromatic rings. The Kier molecular flexibility index (Phi) is 6.28.